The molecule has 0 heteroatoms. The normalized spacial score (nSPS) is 23.5. The minimum atomic E-state index is 1.25. The Labute approximate surface area is 75.4 Å². The van der Waals surface area contributed by atoms with Gasteiger partial charge in [-0.15, -0.1) is 0 Å². The van der Waals surface area contributed by atoms with E-state index >= 15 is 0 Å². The van der Waals surface area contributed by atoms with Crippen LogP contribution in [0.2, 0.25) is 0 Å². The highest BCUT2D eigenvalue weighted by Gasteiger charge is 2.22. The number of hydrogen-bond donors (Lipinski definition) is 0. The maximum absolute atomic E-state index is 2.32. The molecule has 0 aliphatic heterocycles. The van der Waals surface area contributed by atoms with Crippen LogP contribution in [0, 0.1) is 0 Å². The molecule has 0 amide bonds. The summed E-state index contributed by atoms with van der Waals surface area (Å²) in [4.78, 5) is 0. The molecule has 0 radical (unpaired) electrons. The van der Waals surface area contributed by atoms with E-state index < -0.39 is 0 Å². The SMILES string of the molecule is CCC1=C(C)CC2=C1CCCC2. The van der Waals surface area contributed by atoms with Crippen LogP contribution in [0.4, 0.5) is 0 Å². The van der Waals surface area contributed by atoms with Gasteiger partial charge in [-0.2, -0.15) is 0 Å². The van der Waals surface area contributed by atoms with E-state index in [9.17, 15) is 0 Å². The Hall–Kier alpha value is -0.520. The molecule has 0 bridgehead atoms. The Morgan fingerprint density at radius 1 is 1.17 bits per heavy atom. The third-order valence-corrected chi connectivity index (χ3v) is 3.29. The van der Waals surface area contributed by atoms with E-state index in [1.807, 2.05) is 0 Å². The Bertz CT molecular complexity index is 253. The molecule has 0 atom stereocenters. The van der Waals surface area contributed by atoms with E-state index in [2.05, 4.69) is 13.8 Å². The molecule has 2 aliphatic carbocycles. The monoisotopic (exact) mass is 162 g/mol. The van der Waals surface area contributed by atoms with Gasteiger partial charge in [-0.1, -0.05) is 18.1 Å². The maximum atomic E-state index is 2.32. The fourth-order valence-corrected chi connectivity index (χ4v) is 2.73. The van der Waals surface area contributed by atoms with Crippen LogP contribution in [-0.2, 0) is 0 Å². The first-order chi connectivity index (χ1) is 5.83. The van der Waals surface area contributed by atoms with E-state index in [1.165, 1.54) is 38.5 Å². The van der Waals surface area contributed by atoms with Crippen LogP contribution in [0.5, 0.6) is 0 Å². The number of hydrogen-bond acceptors (Lipinski definition) is 0. The molecule has 2 aliphatic rings. The summed E-state index contributed by atoms with van der Waals surface area (Å²) in [5.41, 5.74) is 6.88. The summed E-state index contributed by atoms with van der Waals surface area (Å²) >= 11 is 0. The Balaban J connectivity index is 2.29. The third kappa shape index (κ3) is 1.14. The van der Waals surface area contributed by atoms with Crippen LogP contribution < -0.4 is 0 Å². The Morgan fingerprint density at radius 2 is 1.92 bits per heavy atom. The van der Waals surface area contributed by atoms with Crippen molar-refractivity contribution in [2.24, 2.45) is 0 Å². The van der Waals surface area contributed by atoms with E-state index in [0.717, 1.165) is 0 Å². The Morgan fingerprint density at radius 3 is 2.67 bits per heavy atom. The highest BCUT2D eigenvalue weighted by Crippen LogP contribution is 2.41. The van der Waals surface area contributed by atoms with Crippen molar-refractivity contribution in [1.82, 2.24) is 0 Å². The van der Waals surface area contributed by atoms with Gasteiger partial charge in [0.15, 0.2) is 0 Å². The second kappa shape index (κ2) is 3.08. The molecule has 0 aromatic rings. The summed E-state index contributed by atoms with van der Waals surface area (Å²) in [6.45, 7) is 4.61. The second-order valence-corrected chi connectivity index (χ2v) is 4.08. The highest BCUT2D eigenvalue weighted by atomic mass is 14.3. The van der Waals surface area contributed by atoms with Gasteiger partial charge in [0, 0.05) is 0 Å². The molecular formula is C12H18. The van der Waals surface area contributed by atoms with Crippen LogP contribution >= 0.6 is 0 Å². The van der Waals surface area contributed by atoms with Crippen molar-refractivity contribution >= 4 is 0 Å². The van der Waals surface area contributed by atoms with Gasteiger partial charge in [0.2, 0.25) is 0 Å². The zero-order valence-electron chi connectivity index (χ0n) is 8.24. The molecule has 0 aromatic heterocycles. The molecule has 0 N–H and O–H groups in total. The fourth-order valence-electron chi connectivity index (χ4n) is 2.73. The summed E-state index contributed by atoms with van der Waals surface area (Å²) in [5.74, 6) is 0. The minimum absolute atomic E-state index is 1.25. The lowest BCUT2D eigenvalue weighted by molar-refractivity contribution is 0.674. The molecule has 0 saturated carbocycles. The van der Waals surface area contributed by atoms with Gasteiger partial charge in [-0.25, -0.2) is 0 Å². The number of rotatable bonds is 1. The van der Waals surface area contributed by atoms with Crippen LogP contribution in [-0.4, -0.2) is 0 Å². The molecule has 66 valence electrons. The molecule has 0 unspecified atom stereocenters. The third-order valence-electron chi connectivity index (χ3n) is 3.29. The van der Waals surface area contributed by atoms with E-state index in [1.54, 1.807) is 22.3 Å². The van der Waals surface area contributed by atoms with Crippen molar-refractivity contribution in [3.8, 4) is 0 Å². The number of allylic oxidation sites excluding steroid dienone is 4. The first-order valence-corrected chi connectivity index (χ1v) is 5.22. The average molecular weight is 162 g/mol. The lowest BCUT2D eigenvalue weighted by Gasteiger charge is -2.15. The molecule has 0 aromatic carbocycles. The van der Waals surface area contributed by atoms with Crippen LogP contribution in [0.25, 0.3) is 0 Å². The van der Waals surface area contributed by atoms with E-state index in [4.69, 9.17) is 0 Å². The van der Waals surface area contributed by atoms with Crippen molar-refractivity contribution in [2.45, 2.75) is 52.4 Å². The quantitative estimate of drug-likeness (QED) is 0.547. The zero-order chi connectivity index (χ0) is 8.55. The lowest BCUT2D eigenvalue weighted by atomic mass is 9.90. The smallest absolute Gasteiger partial charge is 0.00994 e. The van der Waals surface area contributed by atoms with Gasteiger partial charge in [0.05, 0.1) is 0 Å². The van der Waals surface area contributed by atoms with Gasteiger partial charge in [0.1, 0.15) is 0 Å². The summed E-state index contributed by atoms with van der Waals surface area (Å²) in [5, 5.41) is 0. The van der Waals surface area contributed by atoms with Crippen molar-refractivity contribution in [3.05, 3.63) is 22.3 Å². The molecule has 0 saturated heterocycles. The fraction of sp³-hybridized carbons (Fsp3) is 0.667. The first-order valence-electron chi connectivity index (χ1n) is 5.22. The minimum Gasteiger partial charge on any atom is -0.0658 e. The molecule has 12 heavy (non-hydrogen) atoms. The Kier molecular flexibility index (Phi) is 2.08. The van der Waals surface area contributed by atoms with Crippen molar-refractivity contribution in [1.29, 1.82) is 0 Å². The van der Waals surface area contributed by atoms with Gasteiger partial charge in [-0.3, -0.25) is 0 Å². The van der Waals surface area contributed by atoms with Gasteiger partial charge in [0.25, 0.3) is 0 Å². The maximum Gasteiger partial charge on any atom is -0.00994 e. The average Bonchev–Trinajstić information content (AvgIpc) is 2.40. The van der Waals surface area contributed by atoms with Gasteiger partial charge in [-0.05, 0) is 56.6 Å². The van der Waals surface area contributed by atoms with Crippen LogP contribution in [0.3, 0.4) is 0 Å². The molecule has 2 rings (SSSR count). The van der Waals surface area contributed by atoms with Gasteiger partial charge >= 0.3 is 0 Å². The molecule has 0 heterocycles. The summed E-state index contributed by atoms with van der Waals surface area (Å²) in [7, 11) is 0. The molecule has 0 spiro atoms. The topological polar surface area (TPSA) is 0 Å². The predicted octanol–water partition coefficient (Wildman–Crippen LogP) is 3.99. The molecule has 0 fully saturated rings. The van der Waals surface area contributed by atoms with Crippen LogP contribution in [0.1, 0.15) is 52.4 Å². The molecular weight excluding hydrogens is 144 g/mol. The van der Waals surface area contributed by atoms with Crippen molar-refractivity contribution in [2.75, 3.05) is 0 Å². The summed E-state index contributed by atoms with van der Waals surface area (Å²) < 4.78 is 0. The van der Waals surface area contributed by atoms with Crippen molar-refractivity contribution < 1.29 is 0 Å². The highest BCUT2D eigenvalue weighted by molar-refractivity contribution is 5.47. The van der Waals surface area contributed by atoms with Crippen molar-refractivity contribution in [3.63, 3.8) is 0 Å². The summed E-state index contributed by atoms with van der Waals surface area (Å²) in [6, 6.07) is 0. The second-order valence-electron chi connectivity index (χ2n) is 4.08. The van der Waals surface area contributed by atoms with Crippen LogP contribution in [0.15, 0.2) is 22.3 Å². The molecule has 0 nitrogen and oxygen atoms in total. The lowest BCUT2D eigenvalue weighted by Crippen LogP contribution is -1.96. The first kappa shape index (κ1) is 8.10. The summed E-state index contributed by atoms with van der Waals surface area (Å²) in [6.07, 6.45) is 8.17. The zero-order valence-corrected chi connectivity index (χ0v) is 8.24. The predicted molar refractivity (Wildman–Crippen MR) is 53.1 cm³/mol. The van der Waals surface area contributed by atoms with Gasteiger partial charge < -0.3 is 0 Å². The standard InChI is InChI=1S/C12H18/c1-3-11-9(2)8-10-6-4-5-7-12(10)11/h3-8H2,1-2H3. The van der Waals surface area contributed by atoms with E-state index in [0.29, 0.717) is 0 Å². The largest absolute Gasteiger partial charge is 0.0658 e. The van der Waals surface area contributed by atoms with E-state index in [-0.39, 0.29) is 0 Å².